The fourth-order valence-electron chi connectivity index (χ4n) is 1.90. The van der Waals surface area contributed by atoms with E-state index in [1.165, 1.54) is 24.0 Å². The van der Waals surface area contributed by atoms with Crippen molar-refractivity contribution in [2.24, 2.45) is 10.1 Å². The van der Waals surface area contributed by atoms with Crippen LogP contribution in [-0.2, 0) is 6.42 Å². The van der Waals surface area contributed by atoms with E-state index in [1.807, 2.05) is 12.3 Å². The molecule has 1 heterocycles. The van der Waals surface area contributed by atoms with Gasteiger partial charge in [-0.1, -0.05) is 37.6 Å². The van der Waals surface area contributed by atoms with Crippen molar-refractivity contribution in [2.75, 3.05) is 6.54 Å². The highest BCUT2D eigenvalue weighted by atomic mass is 15.3. The minimum absolute atomic E-state index is 0.851. The lowest BCUT2D eigenvalue weighted by Crippen LogP contribution is -2.24. The number of nitrogens with one attached hydrogen (secondary N) is 1. The Morgan fingerprint density at radius 1 is 1.41 bits per heavy atom. The maximum absolute atomic E-state index is 4.48. The van der Waals surface area contributed by atoms with Gasteiger partial charge in [0.15, 0.2) is 0 Å². The first-order chi connectivity index (χ1) is 8.42. The molecule has 0 aliphatic carbocycles. The van der Waals surface area contributed by atoms with Crippen LogP contribution in [0.5, 0.6) is 0 Å². The van der Waals surface area contributed by atoms with Crippen LogP contribution in [0.4, 0.5) is 0 Å². The Hall–Kier alpha value is -1.64. The van der Waals surface area contributed by atoms with E-state index in [4.69, 9.17) is 0 Å². The zero-order valence-electron chi connectivity index (χ0n) is 10.3. The van der Waals surface area contributed by atoms with Crippen molar-refractivity contribution in [3.05, 3.63) is 35.4 Å². The molecule has 1 aliphatic heterocycles. The maximum Gasteiger partial charge on any atom is 0.149 e. The molecule has 0 aromatic heterocycles. The molecule has 17 heavy (non-hydrogen) atoms. The number of benzene rings is 1. The molecule has 1 N–H and O–H groups in total. The maximum atomic E-state index is 4.48. The van der Waals surface area contributed by atoms with E-state index in [0.29, 0.717) is 0 Å². The zero-order valence-corrected chi connectivity index (χ0v) is 10.3. The number of rotatable bonds is 4. The summed E-state index contributed by atoms with van der Waals surface area (Å²) in [5.74, 6) is 0.902. The third-order valence-corrected chi connectivity index (χ3v) is 2.87. The molecule has 0 saturated heterocycles. The summed E-state index contributed by atoms with van der Waals surface area (Å²) in [6.07, 6.45) is 6.38. The van der Waals surface area contributed by atoms with Crippen LogP contribution in [0.2, 0.25) is 0 Å². The lowest BCUT2D eigenvalue weighted by molar-refractivity contribution is 0.835. The fraction of sp³-hybridized carbons (Fsp3) is 0.429. The topological polar surface area (TPSA) is 36.8 Å². The van der Waals surface area contributed by atoms with Gasteiger partial charge in [0.05, 0.1) is 0 Å². The van der Waals surface area contributed by atoms with E-state index in [-0.39, 0.29) is 0 Å². The van der Waals surface area contributed by atoms with Gasteiger partial charge in [0.2, 0.25) is 0 Å². The average Bonchev–Trinajstić information content (AvgIpc) is 2.39. The molecule has 2 rings (SSSR count). The SMILES string of the molecule is CCCCC=NNC1=NCCc2ccccc21. The minimum atomic E-state index is 0.851. The van der Waals surface area contributed by atoms with E-state index >= 15 is 0 Å². The third kappa shape index (κ3) is 3.16. The molecule has 3 nitrogen and oxygen atoms in total. The Morgan fingerprint density at radius 3 is 3.18 bits per heavy atom. The molecule has 90 valence electrons. The van der Waals surface area contributed by atoms with Gasteiger partial charge < -0.3 is 0 Å². The molecule has 0 fully saturated rings. The van der Waals surface area contributed by atoms with Gasteiger partial charge in [-0.3, -0.25) is 10.4 Å². The van der Waals surface area contributed by atoms with Crippen molar-refractivity contribution in [2.45, 2.75) is 32.6 Å². The Morgan fingerprint density at radius 2 is 2.29 bits per heavy atom. The van der Waals surface area contributed by atoms with Crippen LogP contribution in [-0.4, -0.2) is 18.6 Å². The van der Waals surface area contributed by atoms with Gasteiger partial charge in [0.1, 0.15) is 5.84 Å². The summed E-state index contributed by atoms with van der Waals surface area (Å²) in [7, 11) is 0. The summed E-state index contributed by atoms with van der Waals surface area (Å²) >= 11 is 0. The molecule has 1 aromatic carbocycles. The highest BCUT2D eigenvalue weighted by molar-refractivity contribution is 6.00. The molecule has 0 radical (unpaired) electrons. The van der Waals surface area contributed by atoms with Crippen LogP contribution < -0.4 is 5.43 Å². The molecule has 0 spiro atoms. The van der Waals surface area contributed by atoms with Crippen molar-refractivity contribution in [1.82, 2.24) is 5.43 Å². The molecule has 0 atom stereocenters. The number of hydrogen-bond acceptors (Lipinski definition) is 3. The standard InChI is InChI=1S/C14H19N3/c1-2-3-6-10-16-17-14-13-8-5-4-7-12(13)9-11-15-14/h4-5,7-8,10H,2-3,6,9,11H2,1H3,(H,15,17). The monoisotopic (exact) mass is 229 g/mol. The smallest absolute Gasteiger partial charge is 0.149 e. The second-order valence-electron chi connectivity index (χ2n) is 4.20. The van der Waals surface area contributed by atoms with Crippen LogP contribution in [0, 0.1) is 0 Å². The molecule has 1 aliphatic rings. The van der Waals surface area contributed by atoms with Crippen LogP contribution in [0.1, 0.15) is 37.3 Å². The molecular weight excluding hydrogens is 210 g/mol. The first kappa shape index (κ1) is 11.8. The van der Waals surface area contributed by atoms with Crippen LogP contribution in [0.25, 0.3) is 0 Å². The highest BCUT2D eigenvalue weighted by Crippen LogP contribution is 2.14. The fourth-order valence-corrected chi connectivity index (χ4v) is 1.90. The summed E-state index contributed by atoms with van der Waals surface area (Å²) in [5.41, 5.74) is 5.60. The molecular formula is C14H19N3. The summed E-state index contributed by atoms with van der Waals surface area (Å²) < 4.78 is 0. The van der Waals surface area contributed by atoms with E-state index in [2.05, 4.69) is 40.6 Å². The van der Waals surface area contributed by atoms with Gasteiger partial charge in [-0.2, -0.15) is 5.10 Å². The number of hydrazone groups is 1. The largest absolute Gasteiger partial charge is 0.266 e. The predicted molar refractivity (Wildman–Crippen MR) is 72.7 cm³/mol. The minimum Gasteiger partial charge on any atom is -0.266 e. The number of nitrogens with zero attached hydrogens (tertiary/aromatic N) is 2. The zero-order chi connectivity index (χ0) is 11.9. The summed E-state index contributed by atoms with van der Waals surface area (Å²) in [4.78, 5) is 4.48. The second kappa shape index (κ2) is 6.18. The molecule has 0 saturated carbocycles. The summed E-state index contributed by atoms with van der Waals surface area (Å²) in [6.45, 7) is 3.03. The number of unbranched alkanes of at least 4 members (excludes halogenated alkanes) is 2. The molecule has 0 amide bonds. The van der Waals surface area contributed by atoms with E-state index in [1.54, 1.807) is 0 Å². The Balaban J connectivity index is 1.97. The van der Waals surface area contributed by atoms with Crippen molar-refractivity contribution in [3.8, 4) is 0 Å². The van der Waals surface area contributed by atoms with Crippen molar-refractivity contribution in [3.63, 3.8) is 0 Å². The normalized spacial score (nSPS) is 14.5. The number of fused-ring (bicyclic) bond motifs is 1. The van der Waals surface area contributed by atoms with E-state index in [9.17, 15) is 0 Å². The molecule has 1 aromatic rings. The van der Waals surface area contributed by atoms with E-state index < -0.39 is 0 Å². The molecule has 0 bridgehead atoms. The molecule has 3 heteroatoms. The molecule has 0 unspecified atom stereocenters. The van der Waals surface area contributed by atoms with Gasteiger partial charge in [-0.05, 0) is 24.8 Å². The van der Waals surface area contributed by atoms with Crippen LogP contribution >= 0.6 is 0 Å². The van der Waals surface area contributed by atoms with Crippen molar-refractivity contribution < 1.29 is 0 Å². The van der Waals surface area contributed by atoms with Gasteiger partial charge in [-0.25, -0.2) is 0 Å². The van der Waals surface area contributed by atoms with Gasteiger partial charge in [-0.15, -0.1) is 0 Å². The number of hydrogen-bond donors (Lipinski definition) is 1. The van der Waals surface area contributed by atoms with E-state index in [0.717, 1.165) is 25.2 Å². The first-order valence-corrected chi connectivity index (χ1v) is 6.32. The Bertz CT molecular complexity index is 421. The van der Waals surface area contributed by atoms with Crippen molar-refractivity contribution in [1.29, 1.82) is 0 Å². The van der Waals surface area contributed by atoms with Crippen molar-refractivity contribution >= 4 is 12.1 Å². The highest BCUT2D eigenvalue weighted by Gasteiger charge is 2.11. The van der Waals surface area contributed by atoms with Gasteiger partial charge >= 0.3 is 0 Å². The van der Waals surface area contributed by atoms with Gasteiger partial charge in [0.25, 0.3) is 0 Å². The first-order valence-electron chi connectivity index (χ1n) is 6.32. The number of aliphatic imine (C=N–C) groups is 1. The lowest BCUT2D eigenvalue weighted by Gasteiger charge is -2.15. The lowest BCUT2D eigenvalue weighted by atomic mass is 10.0. The quantitative estimate of drug-likeness (QED) is 0.481. The summed E-state index contributed by atoms with van der Waals surface area (Å²) in [6, 6.07) is 8.38. The van der Waals surface area contributed by atoms with Gasteiger partial charge in [0, 0.05) is 18.3 Å². The predicted octanol–water partition coefficient (Wildman–Crippen LogP) is 2.75. The number of amidine groups is 1. The summed E-state index contributed by atoms with van der Waals surface area (Å²) in [5, 5.41) is 4.23. The Labute approximate surface area is 103 Å². The Kier molecular flexibility index (Phi) is 4.30. The van der Waals surface area contributed by atoms with Crippen LogP contribution in [0.15, 0.2) is 34.4 Å². The van der Waals surface area contributed by atoms with Crippen LogP contribution in [0.3, 0.4) is 0 Å². The second-order valence-corrected chi connectivity index (χ2v) is 4.20. The average molecular weight is 229 g/mol. The third-order valence-electron chi connectivity index (χ3n) is 2.87.